The van der Waals surface area contributed by atoms with Gasteiger partial charge in [-0.3, -0.25) is 0 Å². The molecule has 0 saturated heterocycles. The predicted molar refractivity (Wildman–Crippen MR) is 113 cm³/mol. The molecular formula is C26H33F3. The summed E-state index contributed by atoms with van der Waals surface area (Å²) in [4.78, 5) is 0. The van der Waals surface area contributed by atoms with Crippen molar-refractivity contribution >= 4 is 0 Å². The molecule has 0 aliphatic heterocycles. The maximum Gasteiger partial charge on any atom is 0.194 e. The van der Waals surface area contributed by atoms with Gasteiger partial charge >= 0.3 is 0 Å². The molecule has 0 spiro atoms. The maximum atomic E-state index is 13.2. The summed E-state index contributed by atoms with van der Waals surface area (Å²) >= 11 is 0. The first-order valence-corrected chi connectivity index (χ1v) is 11.4. The molecule has 2 aliphatic rings. The molecule has 0 amide bonds. The molecule has 3 heteroatoms. The van der Waals surface area contributed by atoms with E-state index in [0.717, 1.165) is 29.9 Å². The molecule has 0 N–H and O–H groups in total. The molecule has 0 nitrogen and oxygen atoms in total. The van der Waals surface area contributed by atoms with Crippen LogP contribution in [0.15, 0.2) is 24.3 Å². The minimum absolute atomic E-state index is 0.157. The van der Waals surface area contributed by atoms with E-state index in [9.17, 15) is 13.2 Å². The van der Waals surface area contributed by atoms with Crippen LogP contribution in [0.4, 0.5) is 13.2 Å². The standard InChI is InChI=1S/C26H33F3/c1-2-3-6-19-9-13-22(14-10-19)23-15-11-20(12-16-23)7-4-5-8-21-17-24(27)26(29)25(28)18-21/h4,7,17-20,22-23H,2-3,6,9-16H2,1H3. The molecule has 29 heavy (non-hydrogen) atoms. The third-order valence-electron chi connectivity index (χ3n) is 6.99. The van der Waals surface area contributed by atoms with E-state index in [-0.39, 0.29) is 5.56 Å². The van der Waals surface area contributed by atoms with Crippen LogP contribution in [0, 0.1) is 53.0 Å². The third kappa shape index (κ3) is 6.39. The molecule has 2 saturated carbocycles. The van der Waals surface area contributed by atoms with Gasteiger partial charge in [0.05, 0.1) is 0 Å². The van der Waals surface area contributed by atoms with Gasteiger partial charge in [0.1, 0.15) is 0 Å². The SMILES string of the molecule is CCCCC1CCC(C2CCC(C=CC#Cc3cc(F)c(F)c(F)c3)CC2)CC1. The summed E-state index contributed by atoms with van der Waals surface area (Å²) < 4.78 is 39.4. The average Bonchev–Trinajstić information content (AvgIpc) is 2.74. The van der Waals surface area contributed by atoms with Gasteiger partial charge in [-0.2, -0.15) is 0 Å². The monoisotopic (exact) mass is 402 g/mol. The van der Waals surface area contributed by atoms with E-state index in [4.69, 9.17) is 0 Å². The minimum atomic E-state index is -1.45. The van der Waals surface area contributed by atoms with Gasteiger partial charge in [0.25, 0.3) is 0 Å². The maximum absolute atomic E-state index is 13.2. The summed E-state index contributed by atoms with van der Waals surface area (Å²) in [6, 6.07) is 1.86. The van der Waals surface area contributed by atoms with E-state index in [0.29, 0.717) is 5.92 Å². The van der Waals surface area contributed by atoms with Gasteiger partial charge in [-0.05, 0) is 80.4 Å². The van der Waals surface area contributed by atoms with Crippen molar-refractivity contribution in [3.05, 3.63) is 47.3 Å². The van der Waals surface area contributed by atoms with Crippen LogP contribution in [0.5, 0.6) is 0 Å². The lowest BCUT2D eigenvalue weighted by atomic mass is 9.68. The predicted octanol–water partition coefficient (Wildman–Crippen LogP) is 7.81. The Morgan fingerprint density at radius 2 is 1.48 bits per heavy atom. The lowest BCUT2D eigenvalue weighted by Crippen LogP contribution is -2.25. The first-order chi connectivity index (χ1) is 14.1. The number of hydrogen-bond acceptors (Lipinski definition) is 0. The Kier molecular flexibility index (Phi) is 8.28. The Balaban J connectivity index is 1.41. The van der Waals surface area contributed by atoms with Crippen LogP contribution in [-0.4, -0.2) is 0 Å². The Morgan fingerprint density at radius 3 is 2.07 bits per heavy atom. The highest BCUT2D eigenvalue weighted by Gasteiger charge is 2.30. The Hall–Kier alpha value is -1.69. The second kappa shape index (κ2) is 10.9. The Bertz CT molecular complexity index is 716. The van der Waals surface area contributed by atoms with Crippen molar-refractivity contribution in [1.82, 2.24) is 0 Å². The highest BCUT2D eigenvalue weighted by molar-refractivity contribution is 5.37. The van der Waals surface area contributed by atoms with E-state index < -0.39 is 17.5 Å². The molecule has 1 aromatic rings. The minimum Gasteiger partial charge on any atom is -0.204 e. The van der Waals surface area contributed by atoms with Gasteiger partial charge in [-0.25, -0.2) is 13.2 Å². The topological polar surface area (TPSA) is 0 Å². The molecule has 158 valence electrons. The van der Waals surface area contributed by atoms with Gasteiger partial charge in [0.2, 0.25) is 0 Å². The van der Waals surface area contributed by atoms with Gasteiger partial charge in [0.15, 0.2) is 17.5 Å². The van der Waals surface area contributed by atoms with Crippen LogP contribution in [-0.2, 0) is 0 Å². The summed E-state index contributed by atoms with van der Waals surface area (Å²) in [7, 11) is 0. The van der Waals surface area contributed by atoms with Gasteiger partial charge < -0.3 is 0 Å². The number of benzene rings is 1. The number of halogens is 3. The second-order valence-corrected chi connectivity index (χ2v) is 8.98. The summed E-state index contributed by atoms with van der Waals surface area (Å²) in [5.41, 5.74) is 0.157. The fraction of sp³-hybridized carbons (Fsp3) is 0.615. The molecule has 0 heterocycles. The van der Waals surface area contributed by atoms with Crippen LogP contribution in [0.25, 0.3) is 0 Å². The fourth-order valence-corrected chi connectivity index (χ4v) is 5.19. The first kappa shape index (κ1) is 22.0. The number of allylic oxidation sites excluding steroid dienone is 2. The van der Waals surface area contributed by atoms with E-state index in [1.54, 1.807) is 6.08 Å². The van der Waals surface area contributed by atoms with Crippen LogP contribution in [0.3, 0.4) is 0 Å². The van der Waals surface area contributed by atoms with Crippen molar-refractivity contribution in [2.24, 2.45) is 23.7 Å². The number of unbranched alkanes of at least 4 members (excludes halogenated alkanes) is 1. The Labute approximate surface area is 174 Å². The molecule has 3 rings (SSSR count). The highest BCUT2D eigenvalue weighted by Crippen LogP contribution is 2.42. The highest BCUT2D eigenvalue weighted by atomic mass is 19.2. The molecular weight excluding hydrogens is 369 g/mol. The normalized spacial score (nSPS) is 27.6. The zero-order valence-electron chi connectivity index (χ0n) is 17.5. The largest absolute Gasteiger partial charge is 0.204 e. The lowest BCUT2D eigenvalue weighted by molar-refractivity contribution is 0.152. The van der Waals surface area contributed by atoms with Crippen molar-refractivity contribution in [1.29, 1.82) is 0 Å². The zero-order valence-corrected chi connectivity index (χ0v) is 17.5. The van der Waals surface area contributed by atoms with Gasteiger partial charge in [-0.1, -0.05) is 56.9 Å². The average molecular weight is 403 g/mol. The van der Waals surface area contributed by atoms with E-state index in [2.05, 4.69) is 24.8 Å². The summed E-state index contributed by atoms with van der Waals surface area (Å²) in [6.07, 6.45) is 18.8. The molecule has 0 aromatic heterocycles. The van der Waals surface area contributed by atoms with E-state index >= 15 is 0 Å². The van der Waals surface area contributed by atoms with Crippen molar-refractivity contribution in [2.45, 2.75) is 77.6 Å². The summed E-state index contributed by atoms with van der Waals surface area (Å²) in [5.74, 6) is 5.02. The molecule has 0 radical (unpaired) electrons. The molecule has 0 unspecified atom stereocenters. The summed E-state index contributed by atoms with van der Waals surface area (Å²) in [5, 5.41) is 0. The number of rotatable bonds is 5. The fourth-order valence-electron chi connectivity index (χ4n) is 5.19. The van der Waals surface area contributed by atoms with Crippen molar-refractivity contribution in [3.8, 4) is 11.8 Å². The molecule has 0 atom stereocenters. The first-order valence-electron chi connectivity index (χ1n) is 11.4. The quantitative estimate of drug-likeness (QED) is 0.348. The molecule has 1 aromatic carbocycles. The van der Waals surface area contributed by atoms with Crippen LogP contribution in [0.2, 0.25) is 0 Å². The zero-order chi connectivity index (χ0) is 20.6. The third-order valence-corrected chi connectivity index (χ3v) is 6.99. The van der Waals surface area contributed by atoms with Crippen LogP contribution >= 0.6 is 0 Å². The van der Waals surface area contributed by atoms with Crippen molar-refractivity contribution in [2.75, 3.05) is 0 Å². The van der Waals surface area contributed by atoms with Gasteiger partial charge in [0, 0.05) is 5.56 Å². The number of hydrogen-bond donors (Lipinski definition) is 0. The lowest BCUT2D eigenvalue weighted by Gasteiger charge is -2.37. The van der Waals surface area contributed by atoms with Gasteiger partial charge in [-0.15, -0.1) is 0 Å². The second-order valence-electron chi connectivity index (χ2n) is 8.98. The van der Waals surface area contributed by atoms with E-state index in [1.165, 1.54) is 70.6 Å². The molecule has 2 fully saturated rings. The summed E-state index contributed by atoms with van der Waals surface area (Å²) in [6.45, 7) is 2.28. The van der Waals surface area contributed by atoms with Crippen LogP contribution < -0.4 is 0 Å². The molecule has 0 bridgehead atoms. The molecule has 2 aliphatic carbocycles. The smallest absolute Gasteiger partial charge is 0.194 e. The van der Waals surface area contributed by atoms with Crippen molar-refractivity contribution < 1.29 is 13.2 Å². The Morgan fingerprint density at radius 1 is 0.897 bits per heavy atom. The van der Waals surface area contributed by atoms with E-state index in [1.807, 2.05) is 0 Å². The van der Waals surface area contributed by atoms with Crippen LogP contribution in [0.1, 0.15) is 83.1 Å². The van der Waals surface area contributed by atoms with Crippen molar-refractivity contribution in [3.63, 3.8) is 0 Å².